The minimum Gasteiger partial charge on any atom is -0.378 e. The Labute approximate surface area is 138 Å². The Morgan fingerprint density at radius 3 is 2.26 bits per heavy atom. The van der Waals surface area contributed by atoms with E-state index in [-0.39, 0.29) is 18.5 Å². The molecule has 3 amide bonds. The third-order valence-corrected chi connectivity index (χ3v) is 3.56. The molecule has 2 N–H and O–H groups in total. The Morgan fingerprint density at radius 1 is 1.13 bits per heavy atom. The summed E-state index contributed by atoms with van der Waals surface area (Å²) in [5.41, 5.74) is 2.26. The van der Waals surface area contributed by atoms with Gasteiger partial charge in [0.1, 0.15) is 0 Å². The Bertz CT molecular complexity index is 514. The average Bonchev–Trinajstić information content (AvgIpc) is 2.46. The van der Waals surface area contributed by atoms with Gasteiger partial charge in [0.15, 0.2) is 0 Å². The predicted molar refractivity (Wildman–Crippen MR) is 93.5 cm³/mol. The third kappa shape index (κ3) is 7.15. The molecule has 0 bridgehead atoms. The van der Waals surface area contributed by atoms with Gasteiger partial charge in [0.2, 0.25) is 5.91 Å². The van der Waals surface area contributed by atoms with Gasteiger partial charge in [-0.25, -0.2) is 4.79 Å². The van der Waals surface area contributed by atoms with Crippen molar-refractivity contribution in [3.8, 4) is 0 Å². The van der Waals surface area contributed by atoms with E-state index in [0.29, 0.717) is 6.54 Å². The summed E-state index contributed by atoms with van der Waals surface area (Å²) in [6.45, 7) is 4.69. The van der Waals surface area contributed by atoms with Crippen molar-refractivity contribution in [1.29, 1.82) is 0 Å². The Kier molecular flexibility index (Phi) is 7.54. The summed E-state index contributed by atoms with van der Waals surface area (Å²) in [5.74, 6) is -0.307. The van der Waals surface area contributed by atoms with E-state index in [1.54, 1.807) is 0 Å². The number of hydrogen-bond acceptors (Lipinski definition) is 4. The molecule has 0 saturated carbocycles. The molecule has 0 fully saturated rings. The maximum absolute atomic E-state index is 11.8. The van der Waals surface area contributed by atoms with Crippen LogP contribution in [-0.2, 0) is 11.3 Å². The number of nitrogens with zero attached hydrogens (tertiary/aromatic N) is 2. The van der Waals surface area contributed by atoms with Crippen LogP contribution in [0.3, 0.4) is 0 Å². The number of rotatable bonds is 7. The van der Waals surface area contributed by atoms with E-state index in [0.717, 1.165) is 17.7 Å². The molecule has 1 aromatic carbocycles. The summed E-state index contributed by atoms with van der Waals surface area (Å²) >= 11 is 0. The Morgan fingerprint density at radius 2 is 1.74 bits per heavy atom. The maximum atomic E-state index is 11.8. The molecular weight excluding hydrogens is 292 g/mol. The molecule has 0 spiro atoms. The van der Waals surface area contributed by atoms with E-state index >= 15 is 0 Å². The highest BCUT2D eigenvalue weighted by Gasteiger charge is 2.12. The lowest BCUT2D eigenvalue weighted by molar-refractivity contribution is -0.120. The second kappa shape index (κ2) is 9.15. The lowest BCUT2D eigenvalue weighted by atomic mass is 10.2. The summed E-state index contributed by atoms with van der Waals surface area (Å²) in [5, 5.41) is 5.05. The van der Waals surface area contributed by atoms with Crippen molar-refractivity contribution in [2.75, 3.05) is 32.6 Å². The van der Waals surface area contributed by atoms with Crippen LogP contribution >= 0.6 is 0 Å². The van der Waals surface area contributed by atoms with Crippen LogP contribution in [0.1, 0.15) is 25.8 Å². The largest absolute Gasteiger partial charge is 0.378 e. The fourth-order valence-corrected chi connectivity index (χ4v) is 2.04. The van der Waals surface area contributed by atoms with Crippen LogP contribution in [0.2, 0.25) is 0 Å². The summed E-state index contributed by atoms with van der Waals surface area (Å²) in [4.78, 5) is 27.4. The number of nitrogens with one attached hydrogen (secondary N) is 2. The van der Waals surface area contributed by atoms with Crippen molar-refractivity contribution in [2.24, 2.45) is 0 Å². The first kappa shape index (κ1) is 19.0. The van der Waals surface area contributed by atoms with E-state index < -0.39 is 6.03 Å². The van der Waals surface area contributed by atoms with Crippen molar-refractivity contribution in [1.82, 2.24) is 15.5 Å². The molecule has 128 valence electrons. The first-order valence-electron chi connectivity index (χ1n) is 7.87. The second-order valence-electron chi connectivity index (χ2n) is 6.06. The van der Waals surface area contributed by atoms with E-state index in [1.165, 1.54) is 0 Å². The SMILES string of the molecule is CC[C@@H](C)NC(=O)NC(=O)CN(C)Cc1ccc(N(C)C)cc1. The minimum absolute atomic E-state index is 0.0516. The van der Waals surface area contributed by atoms with E-state index in [9.17, 15) is 9.59 Å². The lowest BCUT2D eigenvalue weighted by Gasteiger charge is -2.18. The highest BCUT2D eigenvalue weighted by atomic mass is 16.2. The first-order chi connectivity index (χ1) is 10.8. The van der Waals surface area contributed by atoms with Gasteiger partial charge in [-0.2, -0.15) is 0 Å². The van der Waals surface area contributed by atoms with E-state index in [4.69, 9.17) is 0 Å². The quantitative estimate of drug-likeness (QED) is 0.804. The van der Waals surface area contributed by atoms with Gasteiger partial charge in [-0.1, -0.05) is 19.1 Å². The standard InChI is InChI=1S/C17H28N4O2/c1-6-13(2)18-17(23)19-16(22)12-21(5)11-14-7-9-15(10-8-14)20(3)4/h7-10,13H,6,11-12H2,1-5H3,(H2,18,19,22,23)/t13-/m1/s1. The summed E-state index contributed by atoms with van der Waals surface area (Å²) in [6, 6.07) is 7.79. The molecular formula is C17H28N4O2. The van der Waals surface area contributed by atoms with Crippen LogP contribution in [0, 0.1) is 0 Å². The van der Waals surface area contributed by atoms with Crippen molar-refractivity contribution in [3.63, 3.8) is 0 Å². The molecule has 1 rings (SSSR count). The molecule has 23 heavy (non-hydrogen) atoms. The van der Waals surface area contributed by atoms with Crippen LogP contribution in [0.4, 0.5) is 10.5 Å². The maximum Gasteiger partial charge on any atom is 0.321 e. The molecule has 0 saturated heterocycles. The fraction of sp³-hybridized carbons (Fsp3) is 0.529. The smallest absolute Gasteiger partial charge is 0.321 e. The first-order valence-corrected chi connectivity index (χ1v) is 7.87. The zero-order valence-corrected chi connectivity index (χ0v) is 14.7. The Hall–Kier alpha value is -2.08. The predicted octanol–water partition coefficient (Wildman–Crippen LogP) is 1.81. The number of amides is 3. The van der Waals surface area contributed by atoms with Crippen molar-refractivity contribution < 1.29 is 9.59 Å². The molecule has 0 aliphatic rings. The molecule has 6 heteroatoms. The number of hydrogen-bond donors (Lipinski definition) is 2. The third-order valence-electron chi connectivity index (χ3n) is 3.56. The number of anilines is 1. The number of carbonyl (C=O) groups is 2. The zero-order chi connectivity index (χ0) is 17.4. The number of benzene rings is 1. The molecule has 1 atom stereocenters. The van der Waals surface area contributed by atoms with Crippen LogP contribution in [0.15, 0.2) is 24.3 Å². The molecule has 0 aliphatic heterocycles. The Balaban J connectivity index is 2.41. The minimum atomic E-state index is -0.437. The normalized spacial score (nSPS) is 11.9. The molecule has 0 aromatic heterocycles. The van der Waals surface area contributed by atoms with Gasteiger partial charge in [-0.3, -0.25) is 15.0 Å². The van der Waals surface area contributed by atoms with Gasteiger partial charge in [0.05, 0.1) is 6.54 Å². The summed E-state index contributed by atoms with van der Waals surface area (Å²) in [7, 11) is 5.85. The van der Waals surface area contributed by atoms with Gasteiger partial charge in [0.25, 0.3) is 0 Å². The molecule has 6 nitrogen and oxygen atoms in total. The molecule has 0 aliphatic carbocycles. The number of imide groups is 1. The van der Waals surface area contributed by atoms with Crippen LogP contribution < -0.4 is 15.5 Å². The van der Waals surface area contributed by atoms with Crippen molar-refractivity contribution >= 4 is 17.6 Å². The second-order valence-corrected chi connectivity index (χ2v) is 6.06. The van der Waals surface area contributed by atoms with Gasteiger partial charge < -0.3 is 10.2 Å². The molecule has 0 radical (unpaired) electrons. The van der Waals surface area contributed by atoms with Crippen molar-refractivity contribution in [2.45, 2.75) is 32.9 Å². The van der Waals surface area contributed by atoms with Gasteiger partial charge in [-0.05, 0) is 38.1 Å². The van der Waals surface area contributed by atoms with Gasteiger partial charge >= 0.3 is 6.03 Å². The highest BCUT2D eigenvalue weighted by Crippen LogP contribution is 2.13. The van der Waals surface area contributed by atoms with Crippen LogP contribution in [-0.4, -0.2) is 50.6 Å². The zero-order valence-electron chi connectivity index (χ0n) is 14.7. The molecule has 0 heterocycles. The summed E-state index contributed by atoms with van der Waals surface area (Å²) in [6.07, 6.45) is 0.824. The fourth-order valence-electron chi connectivity index (χ4n) is 2.04. The topological polar surface area (TPSA) is 64.7 Å². The monoisotopic (exact) mass is 320 g/mol. The molecule has 1 aromatic rings. The van der Waals surface area contributed by atoms with Crippen molar-refractivity contribution in [3.05, 3.63) is 29.8 Å². The number of likely N-dealkylation sites (N-methyl/N-ethyl adjacent to an activating group) is 1. The number of carbonyl (C=O) groups excluding carboxylic acids is 2. The number of urea groups is 1. The van der Waals surface area contributed by atoms with E-state index in [2.05, 4.69) is 10.6 Å². The van der Waals surface area contributed by atoms with Crippen LogP contribution in [0.5, 0.6) is 0 Å². The van der Waals surface area contributed by atoms with Crippen LogP contribution in [0.25, 0.3) is 0 Å². The lowest BCUT2D eigenvalue weighted by Crippen LogP contribution is -2.46. The summed E-state index contributed by atoms with van der Waals surface area (Å²) < 4.78 is 0. The van der Waals surface area contributed by atoms with E-state index in [1.807, 2.05) is 69.1 Å². The molecule has 0 unspecified atom stereocenters. The van der Waals surface area contributed by atoms with Gasteiger partial charge in [0, 0.05) is 32.4 Å². The highest BCUT2D eigenvalue weighted by molar-refractivity contribution is 5.95. The average molecular weight is 320 g/mol. The van der Waals surface area contributed by atoms with Gasteiger partial charge in [-0.15, -0.1) is 0 Å².